The summed E-state index contributed by atoms with van der Waals surface area (Å²) in [6, 6.07) is 10.5. The summed E-state index contributed by atoms with van der Waals surface area (Å²) in [6.07, 6.45) is 2.33. The maximum absolute atomic E-state index is 12.0. The van der Waals surface area contributed by atoms with E-state index in [1.54, 1.807) is 31.2 Å². The van der Waals surface area contributed by atoms with Gasteiger partial charge in [-0.05, 0) is 42.5 Å². The summed E-state index contributed by atoms with van der Waals surface area (Å²) in [7, 11) is 0. The number of hydrogen-bond acceptors (Lipinski definition) is 4. The first kappa shape index (κ1) is 16.2. The topological polar surface area (TPSA) is 79.5 Å². The van der Waals surface area contributed by atoms with Crippen molar-refractivity contribution in [3.63, 3.8) is 0 Å². The zero-order chi connectivity index (χ0) is 16.1. The summed E-state index contributed by atoms with van der Waals surface area (Å²) >= 11 is 1.43. The zero-order valence-electron chi connectivity index (χ0n) is 12.3. The highest BCUT2D eigenvalue weighted by atomic mass is 32.2. The molecule has 1 unspecified atom stereocenters. The van der Waals surface area contributed by atoms with E-state index in [4.69, 9.17) is 9.52 Å². The molecule has 0 spiro atoms. The van der Waals surface area contributed by atoms with Crippen LogP contribution in [0.25, 0.3) is 0 Å². The second kappa shape index (κ2) is 7.17. The molecule has 0 fully saturated rings. The van der Waals surface area contributed by atoms with Gasteiger partial charge in [0.25, 0.3) is 5.91 Å². The van der Waals surface area contributed by atoms with Gasteiger partial charge < -0.3 is 14.8 Å². The summed E-state index contributed by atoms with van der Waals surface area (Å²) in [5, 5.41) is 12.3. The Morgan fingerprint density at radius 3 is 2.45 bits per heavy atom. The lowest BCUT2D eigenvalue weighted by molar-refractivity contribution is -0.141. The van der Waals surface area contributed by atoms with Crippen LogP contribution in [0.1, 0.15) is 23.0 Å². The molecule has 0 aliphatic heterocycles. The molecule has 0 saturated heterocycles. The monoisotopic (exact) mass is 319 g/mol. The molecular weight excluding hydrogens is 302 g/mol. The number of carboxylic acids is 1. The van der Waals surface area contributed by atoms with Crippen molar-refractivity contribution in [3.05, 3.63) is 47.7 Å². The molecule has 6 heteroatoms. The third kappa shape index (κ3) is 4.14. The quantitative estimate of drug-likeness (QED) is 0.796. The Kier molecular flexibility index (Phi) is 5.27. The number of anilines is 1. The highest BCUT2D eigenvalue weighted by molar-refractivity contribution is 7.98. The molecular formula is C16H17NO4S. The summed E-state index contributed by atoms with van der Waals surface area (Å²) in [6.45, 7) is 1.66. The molecule has 1 aromatic heterocycles. The van der Waals surface area contributed by atoms with Crippen LogP contribution in [-0.4, -0.2) is 23.2 Å². The fourth-order valence-electron chi connectivity index (χ4n) is 1.91. The van der Waals surface area contributed by atoms with E-state index in [0.717, 1.165) is 5.56 Å². The van der Waals surface area contributed by atoms with Crippen LogP contribution in [0.5, 0.6) is 0 Å². The van der Waals surface area contributed by atoms with Gasteiger partial charge in [-0.1, -0.05) is 30.8 Å². The van der Waals surface area contributed by atoms with Crippen LogP contribution in [0, 0.1) is 5.92 Å². The Balaban J connectivity index is 1.98. The fraction of sp³-hybridized carbons (Fsp3) is 0.250. The standard InChI is InChI=1S/C16H17NO4S/c1-10(16(19)20)9-11-3-5-12(6-4-11)17-15(18)13-7-8-14(21-13)22-2/h3-8,10H,9H2,1-2H3,(H,17,18)(H,19,20). The molecule has 1 amide bonds. The average Bonchev–Trinajstić information content (AvgIpc) is 2.98. The predicted molar refractivity (Wildman–Crippen MR) is 85.4 cm³/mol. The Morgan fingerprint density at radius 2 is 1.91 bits per heavy atom. The number of amides is 1. The first-order valence-corrected chi connectivity index (χ1v) is 7.99. The number of thioether (sulfide) groups is 1. The van der Waals surface area contributed by atoms with Crippen LogP contribution in [0.4, 0.5) is 5.69 Å². The van der Waals surface area contributed by atoms with Crippen LogP contribution in [0.2, 0.25) is 0 Å². The first-order valence-electron chi connectivity index (χ1n) is 6.76. The predicted octanol–water partition coefficient (Wildman–Crippen LogP) is 3.52. The number of aliphatic carboxylic acids is 1. The smallest absolute Gasteiger partial charge is 0.306 e. The van der Waals surface area contributed by atoms with Crippen molar-refractivity contribution in [3.8, 4) is 0 Å². The highest BCUT2D eigenvalue weighted by Gasteiger charge is 2.13. The Labute approximate surface area is 132 Å². The lowest BCUT2D eigenvalue weighted by atomic mass is 10.0. The van der Waals surface area contributed by atoms with Gasteiger partial charge in [-0.25, -0.2) is 0 Å². The van der Waals surface area contributed by atoms with Gasteiger partial charge in [-0.15, -0.1) is 0 Å². The number of carboxylic acid groups (broad SMARTS) is 1. The maximum Gasteiger partial charge on any atom is 0.306 e. The summed E-state index contributed by atoms with van der Waals surface area (Å²) in [5.74, 6) is -1.31. The SMILES string of the molecule is CSc1ccc(C(=O)Nc2ccc(CC(C)C(=O)O)cc2)o1. The van der Waals surface area contributed by atoms with Crippen molar-refractivity contribution in [2.24, 2.45) is 5.92 Å². The number of nitrogens with one attached hydrogen (secondary N) is 1. The number of rotatable bonds is 6. The van der Waals surface area contributed by atoms with Crippen molar-refractivity contribution in [2.75, 3.05) is 11.6 Å². The van der Waals surface area contributed by atoms with E-state index in [0.29, 0.717) is 17.2 Å². The molecule has 0 aliphatic rings. The van der Waals surface area contributed by atoms with Crippen LogP contribution in [0.3, 0.4) is 0 Å². The van der Waals surface area contributed by atoms with Crippen LogP contribution >= 0.6 is 11.8 Å². The van der Waals surface area contributed by atoms with Gasteiger partial charge in [0.1, 0.15) is 0 Å². The first-order chi connectivity index (χ1) is 10.5. The van der Waals surface area contributed by atoms with E-state index in [2.05, 4.69) is 5.32 Å². The van der Waals surface area contributed by atoms with Gasteiger partial charge in [-0.2, -0.15) is 0 Å². The lowest BCUT2D eigenvalue weighted by Crippen LogP contribution is -2.13. The van der Waals surface area contributed by atoms with E-state index in [1.165, 1.54) is 11.8 Å². The largest absolute Gasteiger partial charge is 0.481 e. The van der Waals surface area contributed by atoms with Gasteiger partial charge >= 0.3 is 5.97 Å². The molecule has 2 rings (SSSR count). The Morgan fingerprint density at radius 1 is 1.23 bits per heavy atom. The average molecular weight is 319 g/mol. The molecule has 5 nitrogen and oxygen atoms in total. The Hall–Kier alpha value is -2.21. The number of furan rings is 1. The van der Waals surface area contributed by atoms with Gasteiger partial charge in [0, 0.05) is 5.69 Å². The third-order valence-electron chi connectivity index (χ3n) is 3.18. The molecule has 0 bridgehead atoms. The van der Waals surface area contributed by atoms with Crippen molar-refractivity contribution < 1.29 is 19.1 Å². The molecule has 0 saturated carbocycles. The second-order valence-electron chi connectivity index (χ2n) is 4.92. The molecule has 1 atom stereocenters. The molecule has 0 radical (unpaired) electrons. The third-order valence-corrected chi connectivity index (χ3v) is 3.80. The van der Waals surface area contributed by atoms with Gasteiger partial charge in [0.15, 0.2) is 10.9 Å². The molecule has 1 heterocycles. The minimum absolute atomic E-state index is 0.257. The molecule has 2 aromatic rings. The summed E-state index contributed by atoms with van der Waals surface area (Å²) in [4.78, 5) is 22.8. The van der Waals surface area contributed by atoms with Crippen molar-refractivity contribution in [1.82, 2.24) is 0 Å². The van der Waals surface area contributed by atoms with Crippen LogP contribution in [0.15, 0.2) is 45.9 Å². The number of carbonyl (C=O) groups excluding carboxylic acids is 1. The summed E-state index contributed by atoms with van der Waals surface area (Å²) in [5.41, 5.74) is 1.55. The summed E-state index contributed by atoms with van der Waals surface area (Å²) < 4.78 is 5.36. The second-order valence-corrected chi connectivity index (χ2v) is 5.73. The fourth-order valence-corrected chi connectivity index (χ4v) is 2.29. The lowest BCUT2D eigenvalue weighted by Gasteiger charge is -2.08. The number of carbonyl (C=O) groups is 2. The number of hydrogen-bond donors (Lipinski definition) is 2. The minimum Gasteiger partial charge on any atom is -0.481 e. The van der Waals surface area contributed by atoms with Crippen molar-refractivity contribution in [1.29, 1.82) is 0 Å². The van der Waals surface area contributed by atoms with Crippen LogP contribution < -0.4 is 5.32 Å². The van der Waals surface area contributed by atoms with E-state index in [9.17, 15) is 9.59 Å². The molecule has 116 valence electrons. The van der Waals surface area contributed by atoms with Gasteiger partial charge in [-0.3, -0.25) is 9.59 Å². The molecule has 2 N–H and O–H groups in total. The Bertz CT molecular complexity index is 663. The maximum atomic E-state index is 12.0. The molecule has 1 aromatic carbocycles. The molecule has 0 aliphatic carbocycles. The van der Waals surface area contributed by atoms with Crippen LogP contribution in [-0.2, 0) is 11.2 Å². The van der Waals surface area contributed by atoms with Gasteiger partial charge in [0.05, 0.1) is 5.92 Å². The van der Waals surface area contributed by atoms with E-state index < -0.39 is 11.9 Å². The molecule has 22 heavy (non-hydrogen) atoms. The zero-order valence-corrected chi connectivity index (χ0v) is 13.1. The van der Waals surface area contributed by atoms with Gasteiger partial charge in [0.2, 0.25) is 0 Å². The minimum atomic E-state index is -0.820. The van der Waals surface area contributed by atoms with E-state index in [-0.39, 0.29) is 11.7 Å². The van der Waals surface area contributed by atoms with E-state index in [1.807, 2.05) is 18.4 Å². The highest BCUT2D eigenvalue weighted by Crippen LogP contribution is 2.19. The van der Waals surface area contributed by atoms with Crippen molar-refractivity contribution in [2.45, 2.75) is 18.4 Å². The normalized spacial score (nSPS) is 11.9. The van der Waals surface area contributed by atoms with E-state index >= 15 is 0 Å². The van der Waals surface area contributed by atoms with Crippen molar-refractivity contribution >= 4 is 29.3 Å². The number of benzene rings is 1.